The molecule has 0 saturated carbocycles. The molecule has 23 heavy (non-hydrogen) atoms. The first kappa shape index (κ1) is 18.6. The lowest BCUT2D eigenvalue weighted by Gasteiger charge is -2.12. The third-order valence-electron chi connectivity index (χ3n) is 2.73. The van der Waals surface area contributed by atoms with E-state index in [1.54, 1.807) is 24.3 Å². The summed E-state index contributed by atoms with van der Waals surface area (Å²) in [5.41, 5.74) is 6.30. The van der Waals surface area contributed by atoms with Crippen LogP contribution in [-0.2, 0) is 25.5 Å². The number of halogens is 3. The Morgan fingerprint density at radius 1 is 1.26 bits per heavy atom. The number of esters is 2. The molecule has 0 aliphatic carbocycles. The predicted octanol–water partition coefficient (Wildman–Crippen LogP) is 1.54. The van der Waals surface area contributed by atoms with Crippen LogP contribution in [0.5, 0.6) is 0 Å². The molecule has 126 valence electrons. The number of nitrogens with two attached hydrogens (primary N) is 1. The Balaban J connectivity index is 2.66. The number of hydrogen-bond acceptors (Lipinski definition) is 5. The van der Waals surface area contributed by atoms with Gasteiger partial charge in [0, 0.05) is 5.69 Å². The molecule has 3 N–H and O–H groups in total. The van der Waals surface area contributed by atoms with E-state index in [2.05, 4.69) is 10.1 Å². The molecule has 1 atom stereocenters. The molecule has 1 aromatic carbocycles. The second-order valence-corrected chi connectivity index (χ2v) is 4.69. The number of aryl methyl sites for hydroxylation is 1. The van der Waals surface area contributed by atoms with Gasteiger partial charge in [0.05, 0.1) is 12.5 Å². The number of alkyl halides is 3. The fourth-order valence-electron chi connectivity index (χ4n) is 1.56. The fraction of sp³-hybridized carbons (Fsp3) is 0.357. The third kappa shape index (κ3) is 6.07. The molecule has 0 unspecified atom stereocenters. The first-order valence-electron chi connectivity index (χ1n) is 6.57. The summed E-state index contributed by atoms with van der Waals surface area (Å²) in [6.07, 6.45) is -5.69. The fourth-order valence-corrected chi connectivity index (χ4v) is 1.56. The largest absolute Gasteiger partial charge is 0.491 e. The highest BCUT2D eigenvalue weighted by molar-refractivity contribution is 5.95. The number of amides is 1. The maximum absolute atomic E-state index is 12.0. The van der Waals surface area contributed by atoms with Crippen molar-refractivity contribution >= 4 is 23.5 Å². The first-order chi connectivity index (χ1) is 10.6. The van der Waals surface area contributed by atoms with Gasteiger partial charge in [-0.25, -0.2) is 4.79 Å². The number of ether oxygens (including phenoxy) is 1. The number of benzene rings is 1. The van der Waals surface area contributed by atoms with Crippen molar-refractivity contribution in [2.24, 2.45) is 5.73 Å². The maximum atomic E-state index is 12.0. The zero-order chi connectivity index (χ0) is 17.6. The van der Waals surface area contributed by atoms with Gasteiger partial charge in [-0.1, -0.05) is 18.2 Å². The minimum atomic E-state index is -5.22. The molecule has 9 heteroatoms. The van der Waals surface area contributed by atoms with E-state index in [9.17, 15) is 27.6 Å². The van der Waals surface area contributed by atoms with Crippen molar-refractivity contribution in [1.29, 1.82) is 0 Å². The van der Waals surface area contributed by atoms with Gasteiger partial charge in [-0.3, -0.25) is 9.59 Å². The first-order valence-corrected chi connectivity index (χ1v) is 6.57. The average molecular weight is 332 g/mol. The number of nitrogens with one attached hydrogen (secondary N) is 1. The van der Waals surface area contributed by atoms with Crippen LogP contribution in [-0.4, -0.2) is 30.1 Å². The molecule has 0 fully saturated rings. The van der Waals surface area contributed by atoms with Gasteiger partial charge in [-0.15, -0.1) is 0 Å². The molecule has 0 radical (unpaired) electrons. The molecule has 0 saturated heterocycles. The molecule has 0 bridgehead atoms. The Hall–Kier alpha value is -2.42. The lowest BCUT2D eigenvalue weighted by atomic mass is 10.1. The van der Waals surface area contributed by atoms with Gasteiger partial charge in [0.15, 0.2) is 0 Å². The number of hydrogen-bond donors (Lipinski definition) is 2. The number of carbonyl (C=O) groups is 3. The minimum Gasteiger partial charge on any atom is -0.386 e. The van der Waals surface area contributed by atoms with E-state index >= 15 is 0 Å². The number of rotatable bonds is 5. The summed E-state index contributed by atoms with van der Waals surface area (Å²) in [4.78, 5) is 33.4. The SMILES string of the molecule is C[C@H](N)C(=O)Nc1ccccc1CCC(=O)OC(=O)C(F)(F)F. The molecular weight excluding hydrogens is 317 g/mol. The van der Waals surface area contributed by atoms with E-state index in [-0.39, 0.29) is 6.42 Å². The second-order valence-electron chi connectivity index (χ2n) is 4.69. The van der Waals surface area contributed by atoms with Crippen LogP contribution >= 0.6 is 0 Å². The summed E-state index contributed by atoms with van der Waals surface area (Å²) in [6.45, 7) is 1.48. The van der Waals surface area contributed by atoms with E-state index in [4.69, 9.17) is 5.73 Å². The number of anilines is 1. The van der Waals surface area contributed by atoms with Crippen LogP contribution in [0.15, 0.2) is 24.3 Å². The van der Waals surface area contributed by atoms with Crippen LogP contribution in [0.25, 0.3) is 0 Å². The standard InChI is InChI=1S/C14H15F3N2O4/c1-8(18)12(21)19-10-5-3-2-4-9(10)6-7-11(20)23-13(22)14(15,16)17/h2-5,8H,6-7,18H2,1H3,(H,19,21)/t8-/m0/s1. The van der Waals surface area contributed by atoms with Crippen molar-refractivity contribution in [1.82, 2.24) is 0 Å². The summed E-state index contributed by atoms with van der Waals surface area (Å²) < 4.78 is 39.6. The normalized spacial score (nSPS) is 12.4. The van der Waals surface area contributed by atoms with Crippen LogP contribution < -0.4 is 11.1 Å². The quantitative estimate of drug-likeness (QED) is 0.629. The molecule has 0 aliphatic rings. The Bertz CT molecular complexity index is 600. The van der Waals surface area contributed by atoms with Gasteiger partial charge in [-0.05, 0) is 25.0 Å². The lowest BCUT2D eigenvalue weighted by Crippen LogP contribution is -2.32. The lowest BCUT2D eigenvalue weighted by molar-refractivity contribution is -0.201. The maximum Gasteiger partial charge on any atom is 0.491 e. The van der Waals surface area contributed by atoms with E-state index in [0.29, 0.717) is 11.3 Å². The van der Waals surface area contributed by atoms with Gasteiger partial charge in [0.1, 0.15) is 0 Å². The Labute approximate surface area is 129 Å². The van der Waals surface area contributed by atoms with E-state index < -0.39 is 36.5 Å². The summed E-state index contributed by atoms with van der Waals surface area (Å²) in [6, 6.07) is 5.64. The van der Waals surface area contributed by atoms with Gasteiger partial charge in [0.25, 0.3) is 0 Å². The summed E-state index contributed by atoms with van der Waals surface area (Å²) in [5, 5.41) is 2.54. The van der Waals surface area contributed by atoms with Gasteiger partial charge < -0.3 is 15.8 Å². The monoisotopic (exact) mass is 332 g/mol. The minimum absolute atomic E-state index is 0.0145. The second kappa shape index (κ2) is 7.73. The third-order valence-corrected chi connectivity index (χ3v) is 2.73. The van der Waals surface area contributed by atoms with Crippen LogP contribution in [0, 0.1) is 0 Å². The zero-order valence-corrected chi connectivity index (χ0v) is 12.1. The van der Waals surface area contributed by atoms with Crippen LogP contribution in [0.4, 0.5) is 18.9 Å². The van der Waals surface area contributed by atoms with Crippen molar-refractivity contribution in [2.45, 2.75) is 32.0 Å². The molecular formula is C14H15F3N2O4. The summed E-state index contributed by atoms with van der Waals surface area (Å²) in [7, 11) is 0. The molecule has 1 amide bonds. The Morgan fingerprint density at radius 2 is 1.87 bits per heavy atom. The number of para-hydroxylation sites is 1. The van der Waals surface area contributed by atoms with E-state index in [1.165, 1.54) is 6.92 Å². The van der Waals surface area contributed by atoms with Crippen molar-refractivity contribution in [3.63, 3.8) is 0 Å². The highest BCUT2D eigenvalue weighted by Crippen LogP contribution is 2.19. The molecule has 0 heterocycles. The Kier molecular flexibility index (Phi) is 6.26. The van der Waals surface area contributed by atoms with E-state index in [0.717, 1.165) is 0 Å². The topological polar surface area (TPSA) is 98.5 Å². The van der Waals surface area contributed by atoms with Crippen molar-refractivity contribution in [3.8, 4) is 0 Å². The van der Waals surface area contributed by atoms with E-state index in [1.807, 2.05) is 0 Å². The van der Waals surface area contributed by atoms with Crippen LogP contribution in [0.3, 0.4) is 0 Å². The molecule has 1 aromatic rings. The molecule has 1 rings (SSSR count). The van der Waals surface area contributed by atoms with Gasteiger partial charge in [-0.2, -0.15) is 13.2 Å². The average Bonchev–Trinajstić information content (AvgIpc) is 2.45. The van der Waals surface area contributed by atoms with Crippen LogP contribution in [0.1, 0.15) is 18.9 Å². The zero-order valence-electron chi connectivity index (χ0n) is 12.1. The van der Waals surface area contributed by atoms with Gasteiger partial charge in [0.2, 0.25) is 5.91 Å². The molecule has 6 nitrogen and oxygen atoms in total. The highest BCUT2D eigenvalue weighted by Gasteiger charge is 2.42. The van der Waals surface area contributed by atoms with Crippen LogP contribution in [0.2, 0.25) is 0 Å². The molecule has 0 aromatic heterocycles. The van der Waals surface area contributed by atoms with Crippen molar-refractivity contribution in [2.75, 3.05) is 5.32 Å². The predicted molar refractivity (Wildman–Crippen MR) is 74.2 cm³/mol. The van der Waals surface area contributed by atoms with Gasteiger partial charge >= 0.3 is 18.1 Å². The summed E-state index contributed by atoms with van der Waals surface area (Å²) in [5.74, 6) is -4.31. The Morgan fingerprint density at radius 3 is 2.43 bits per heavy atom. The van der Waals surface area contributed by atoms with Crippen molar-refractivity contribution in [3.05, 3.63) is 29.8 Å². The van der Waals surface area contributed by atoms with Crippen molar-refractivity contribution < 1.29 is 32.3 Å². The summed E-state index contributed by atoms with van der Waals surface area (Å²) >= 11 is 0. The number of carbonyl (C=O) groups excluding carboxylic acids is 3. The smallest absolute Gasteiger partial charge is 0.386 e. The molecule has 0 spiro atoms. The molecule has 0 aliphatic heterocycles. The highest BCUT2D eigenvalue weighted by atomic mass is 19.4.